The number of carbonyl (C=O) groups excluding carboxylic acids is 3. The topological polar surface area (TPSA) is 116 Å². The van der Waals surface area contributed by atoms with Crippen LogP contribution in [0.3, 0.4) is 0 Å². The molecule has 1 heterocycles. The van der Waals surface area contributed by atoms with Gasteiger partial charge < -0.3 is 20.1 Å². The Bertz CT molecular complexity index is 1300. The van der Waals surface area contributed by atoms with Gasteiger partial charge in [-0.1, -0.05) is 45.0 Å². The Morgan fingerprint density at radius 2 is 1.71 bits per heavy atom. The molecule has 2 aromatic rings. The summed E-state index contributed by atoms with van der Waals surface area (Å²) in [5.74, 6) is -12.6. The Labute approximate surface area is 234 Å². The van der Waals surface area contributed by atoms with Crippen molar-refractivity contribution in [2.24, 2.45) is 0 Å². The summed E-state index contributed by atoms with van der Waals surface area (Å²) in [7, 11) is 0. The van der Waals surface area contributed by atoms with E-state index in [1.165, 1.54) is 4.90 Å². The maximum Gasteiger partial charge on any atom is 0.305 e. The lowest BCUT2D eigenvalue weighted by Gasteiger charge is -2.34. The van der Waals surface area contributed by atoms with E-state index in [1.807, 2.05) is 23.1 Å². The van der Waals surface area contributed by atoms with Crippen molar-refractivity contribution in [2.75, 3.05) is 32.8 Å². The average molecular weight is 582 g/mol. The predicted octanol–water partition coefficient (Wildman–Crippen LogP) is 2.79. The first-order valence-electron chi connectivity index (χ1n) is 12.7. The zero-order valence-corrected chi connectivity index (χ0v) is 22.8. The normalized spacial score (nSPS) is 15.0. The number of carbonyl (C=O) groups is 4. The molecule has 222 valence electrons. The maximum absolute atomic E-state index is 13.8. The van der Waals surface area contributed by atoms with Gasteiger partial charge in [0, 0.05) is 25.7 Å². The molecule has 41 heavy (non-hydrogen) atoms. The van der Waals surface area contributed by atoms with E-state index < -0.39 is 72.3 Å². The molecule has 0 spiro atoms. The van der Waals surface area contributed by atoms with E-state index in [4.69, 9.17) is 5.11 Å². The van der Waals surface area contributed by atoms with Crippen molar-refractivity contribution in [1.29, 1.82) is 0 Å². The summed E-state index contributed by atoms with van der Waals surface area (Å²) in [5, 5.41) is 11.3. The number of piperazine rings is 1. The number of carboxylic acid groups (broad SMARTS) is 1. The molecule has 0 saturated carbocycles. The number of nitrogens with one attached hydrogen (secondary N) is 1. The van der Waals surface area contributed by atoms with Crippen LogP contribution in [0.1, 0.15) is 38.3 Å². The fourth-order valence-corrected chi connectivity index (χ4v) is 4.21. The quantitative estimate of drug-likeness (QED) is 0.310. The SMILES string of the molecule is CC(C)(C)c1cccc(CN2CCN(CC(=O)NC(CC(=O)O)C(=O)COc3c(F)c(F)cc(F)c3F)C(=O)C2)c1. The van der Waals surface area contributed by atoms with Crippen LogP contribution in [0.2, 0.25) is 0 Å². The predicted molar refractivity (Wildman–Crippen MR) is 138 cm³/mol. The average Bonchev–Trinajstić information content (AvgIpc) is 2.88. The van der Waals surface area contributed by atoms with E-state index in [0.29, 0.717) is 13.1 Å². The summed E-state index contributed by atoms with van der Waals surface area (Å²) < 4.78 is 59.0. The molecule has 2 amide bonds. The number of nitrogens with zero attached hydrogens (tertiary/aromatic N) is 2. The molecule has 1 fully saturated rings. The molecule has 1 atom stereocenters. The third kappa shape index (κ3) is 8.49. The summed E-state index contributed by atoms with van der Waals surface area (Å²) in [4.78, 5) is 52.3. The van der Waals surface area contributed by atoms with Gasteiger partial charge in [0.25, 0.3) is 0 Å². The number of aliphatic carboxylic acids is 1. The van der Waals surface area contributed by atoms with Crippen molar-refractivity contribution in [1.82, 2.24) is 15.1 Å². The van der Waals surface area contributed by atoms with Crippen LogP contribution in [0.25, 0.3) is 0 Å². The van der Waals surface area contributed by atoms with Crippen molar-refractivity contribution in [3.63, 3.8) is 0 Å². The number of halogens is 4. The summed E-state index contributed by atoms with van der Waals surface area (Å²) in [6.45, 7) is 5.89. The molecule has 0 bridgehead atoms. The van der Waals surface area contributed by atoms with E-state index in [9.17, 15) is 36.7 Å². The zero-order chi connectivity index (χ0) is 30.5. The monoisotopic (exact) mass is 581 g/mol. The molecule has 2 N–H and O–H groups in total. The van der Waals surface area contributed by atoms with Gasteiger partial charge in [-0.3, -0.25) is 24.1 Å². The second-order valence-corrected chi connectivity index (χ2v) is 10.7. The molecular formula is C28H31F4N3O6. The van der Waals surface area contributed by atoms with Crippen LogP contribution in [0.15, 0.2) is 30.3 Å². The van der Waals surface area contributed by atoms with Crippen LogP contribution >= 0.6 is 0 Å². The lowest BCUT2D eigenvalue weighted by Crippen LogP contribution is -2.54. The number of benzene rings is 2. The van der Waals surface area contributed by atoms with Crippen molar-refractivity contribution >= 4 is 23.6 Å². The van der Waals surface area contributed by atoms with Gasteiger partial charge >= 0.3 is 5.97 Å². The van der Waals surface area contributed by atoms with Crippen molar-refractivity contribution in [3.8, 4) is 5.75 Å². The maximum atomic E-state index is 13.8. The number of rotatable bonds is 11. The molecule has 1 aliphatic heterocycles. The van der Waals surface area contributed by atoms with Crippen LogP contribution < -0.4 is 10.1 Å². The van der Waals surface area contributed by atoms with Gasteiger partial charge in [-0.2, -0.15) is 8.78 Å². The lowest BCUT2D eigenvalue weighted by molar-refractivity contribution is -0.143. The molecule has 13 heteroatoms. The minimum atomic E-state index is -1.88. The Balaban J connectivity index is 1.57. The second kappa shape index (κ2) is 13.1. The van der Waals surface area contributed by atoms with E-state index >= 15 is 0 Å². The third-order valence-corrected chi connectivity index (χ3v) is 6.46. The van der Waals surface area contributed by atoms with E-state index in [2.05, 4.69) is 36.9 Å². The Morgan fingerprint density at radius 3 is 2.29 bits per heavy atom. The lowest BCUT2D eigenvalue weighted by atomic mass is 9.86. The largest absolute Gasteiger partial charge is 0.481 e. The fourth-order valence-electron chi connectivity index (χ4n) is 4.21. The molecule has 0 aromatic heterocycles. The summed E-state index contributed by atoms with van der Waals surface area (Å²) in [5.41, 5.74) is 2.16. The molecular weight excluding hydrogens is 550 g/mol. The van der Waals surface area contributed by atoms with E-state index in [-0.39, 0.29) is 30.5 Å². The Hall–Kier alpha value is -4.00. The van der Waals surface area contributed by atoms with E-state index in [0.717, 1.165) is 11.1 Å². The Morgan fingerprint density at radius 1 is 1.05 bits per heavy atom. The second-order valence-electron chi connectivity index (χ2n) is 10.7. The van der Waals surface area contributed by atoms with Crippen LogP contribution in [0.4, 0.5) is 17.6 Å². The summed E-state index contributed by atoms with van der Waals surface area (Å²) in [6.07, 6.45) is -0.911. The number of ketones is 1. The third-order valence-electron chi connectivity index (χ3n) is 6.46. The highest BCUT2D eigenvalue weighted by molar-refractivity contribution is 5.94. The van der Waals surface area contributed by atoms with Crippen LogP contribution in [-0.2, 0) is 31.1 Å². The number of hydrogen-bond donors (Lipinski definition) is 2. The number of Topliss-reactive ketones (excluding diaryl/α,β-unsaturated/α-hetero) is 1. The molecule has 0 aliphatic carbocycles. The first-order chi connectivity index (χ1) is 19.1. The minimum Gasteiger partial charge on any atom is -0.481 e. The molecule has 2 aromatic carbocycles. The highest BCUT2D eigenvalue weighted by Crippen LogP contribution is 2.26. The fraction of sp³-hybridized carbons (Fsp3) is 0.429. The van der Waals surface area contributed by atoms with Gasteiger partial charge in [-0.15, -0.1) is 0 Å². The van der Waals surface area contributed by atoms with Gasteiger partial charge in [0.05, 0.1) is 19.5 Å². The number of ether oxygens (including phenoxy) is 1. The standard InChI is InChI=1S/C28H31F4N3O6/c1-28(2,3)17-6-4-5-16(9-17)12-34-7-8-35(23(38)14-34)13-22(37)33-20(11-24(39)40)21(36)15-41-27-25(31)18(29)10-19(30)26(27)32/h4-6,9-10,20H,7-8,11-15H2,1-3H3,(H,33,37)(H,39,40). The van der Waals surface area contributed by atoms with Gasteiger partial charge in [0.2, 0.25) is 23.4 Å². The smallest absolute Gasteiger partial charge is 0.305 e. The number of hydrogen-bond acceptors (Lipinski definition) is 6. The Kier molecular flexibility index (Phi) is 10.1. The molecule has 1 unspecified atom stereocenters. The summed E-state index contributed by atoms with van der Waals surface area (Å²) in [6, 6.07) is 6.31. The van der Waals surface area contributed by atoms with Gasteiger partial charge in [-0.25, -0.2) is 8.78 Å². The number of amides is 2. The minimum absolute atomic E-state index is 0.0341. The summed E-state index contributed by atoms with van der Waals surface area (Å²) >= 11 is 0. The molecule has 0 radical (unpaired) electrons. The van der Waals surface area contributed by atoms with Gasteiger partial charge in [0.1, 0.15) is 12.6 Å². The van der Waals surface area contributed by atoms with Crippen LogP contribution in [0, 0.1) is 23.3 Å². The molecule has 1 aliphatic rings. The highest BCUT2D eigenvalue weighted by Gasteiger charge is 2.30. The van der Waals surface area contributed by atoms with E-state index in [1.54, 1.807) is 0 Å². The molecule has 1 saturated heterocycles. The number of carboxylic acids is 1. The van der Waals surface area contributed by atoms with Gasteiger partial charge in [0.15, 0.2) is 23.2 Å². The zero-order valence-electron chi connectivity index (χ0n) is 22.8. The van der Waals surface area contributed by atoms with Crippen LogP contribution in [-0.4, -0.2) is 77.3 Å². The first-order valence-corrected chi connectivity index (χ1v) is 12.7. The van der Waals surface area contributed by atoms with Crippen molar-refractivity contribution in [2.45, 2.75) is 45.2 Å². The van der Waals surface area contributed by atoms with Crippen molar-refractivity contribution < 1.29 is 46.6 Å². The highest BCUT2D eigenvalue weighted by atomic mass is 19.2. The van der Waals surface area contributed by atoms with Gasteiger partial charge in [-0.05, 0) is 16.5 Å². The van der Waals surface area contributed by atoms with Crippen molar-refractivity contribution in [3.05, 3.63) is 64.7 Å². The first kappa shape index (κ1) is 31.5. The van der Waals surface area contributed by atoms with Crippen LogP contribution in [0.5, 0.6) is 5.75 Å². The molecule has 3 rings (SSSR count). The molecule has 9 nitrogen and oxygen atoms in total.